The van der Waals surface area contributed by atoms with Gasteiger partial charge in [-0.3, -0.25) is 4.98 Å². The molecule has 2 aromatic heterocycles. The van der Waals surface area contributed by atoms with Gasteiger partial charge in [0.05, 0.1) is 5.33 Å². The average molecular weight is 240 g/mol. The van der Waals surface area contributed by atoms with Crippen LogP contribution in [0, 0.1) is 0 Å². The second kappa shape index (κ2) is 3.66. The first-order valence-corrected chi connectivity index (χ1v) is 4.81. The van der Waals surface area contributed by atoms with E-state index in [1.54, 1.807) is 12.4 Å². The van der Waals surface area contributed by atoms with E-state index >= 15 is 0 Å². The molecule has 2 rings (SSSR count). The van der Waals surface area contributed by atoms with Crippen LogP contribution < -0.4 is 0 Å². The van der Waals surface area contributed by atoms with E-state index in [-0.39, 0.29) is 0 Å². The SMILES string of the molecule is BrCc1nc(-c2ccncc2)no1. The van der Waals surface area contributed by atoms with Gasteiger partial charge in [-0.2, -0.15) is 4.98 Å². The van der Waals surface area contributed by atoms with Gasteiger partial charge in [0.15, 0.2) is 0 Å². The first-order valence-electron chi connectivity index (χ1n) is 3.69. The normalized spacial score (nSPS) is 10.2. The lowest BCUT2D eigenvalue weighted by Crippen LogP contribution is -1.81. The molecule has 2 heterocycles. The van der Waals surface area contributed by atoms with Crippen LogP contribution in [0.5, 0.6) is 0 Å². The van der Waals surface area contributed by atoms with E-state index in [2.05, 4.69) is 31.1 Å². The molecule has 0 saturated carbocycles. The highest BCUT2D eigenvalue weighted by Crippen LogP contribution is 2.14. The third-order valence-electron chi connectivity index (χ3n) is 1.52. The molecule has 0 bridgehead atoms. The van der Waals surface area contributed by atoms with E-state index in [0.717, 1.165) is 5.56 Å². The van der Waals surface area contributed by atoms with Crippen molar-refractivity contribution in [2.24, 2.45) is 0 Å². The van der Waals surface area contributed by atoms with Gasteiger partial charge in [-0.05, 0) is 12.1 Å². The van der Waals surface area contributed by atoms with Crippen molar-refractivity contribution < 1.29 is 4.52 Å². The number of nitrogens with zero attached hydrogens (tertiary/aromatic N) is 3. The Hall–Kier alpha value is -1.23. The quantitative estimate of drug-likeness (QED) is 0.753. The van der Waals surface area contributed by atoms with Crippen LogP contribution in [0.1, 0.15) is 5.89 Å². The maximum Gasteiger partial charge on any atom is 0.237 e. The fourth-order valence-corrected chi connectivity index (χ4v) is 1.16. The van der Waals surface area contributed by atoms with Crippen LogP contribution in [0.4, 0.5) is 0 Å². The lowest BCUT2D eigenvalue weighted by Gasteiger charge is -1.89. The fourth-order valence-electron chi connectivity index (χ4n) is 0.927. The molecule has 0 amide bonds. The van der Waals surface area contributed by atoms with Gasteiger partial charge in [0, 0.05) is 18.0 Å². The Labute approximate surface area is 83.1 Å². The van der Waals surface area contributed by atoms with Crippen molar-refractivity contribution in [2.45, 2.75) is 5.33 Å². The van der Waals surface area contributed by atoms with Crippen LogP contribution in [0.2, 0.25) is 0 Å². The van der Waals surface area contributed by atoms with E-state index in [0.29, 0.717) is 17.0 Å². The zero-order valence-electron chi connectivity index (χ0n) is 6.64. The maximum absolute atomic E-state index is 4.94. The Morgan fingerprint density at radius 1 is 1.31 bits per heavy atom. The first-order chi connectivity index (χ1) is 6.40. The fraction of sp³-hybridized carbons (Fsp3) is 0.125. The molecule has 2 aromatic rings. The highest BCUT2D eigenvalue weighted by molar-refractivity contribution is 9.08. The molecule has 0 unspecified atom stereocenters. The number of aromatic nitrogens is 3. The molecule has 0 N–H and O–H groups in total. The Morgan fingerprint density at radius 3 is 2.69 bits per heavy atom. The predicted molar refractivity (Wildman–Crippen MR) is 50.2 cm³/mol. The lowest BCUT2D eigenvalue weighted by molar-refractivity contribution is 0.392. The minimum absolute atomic E-state index is 0.574. The first kappa shape index (κ1) is 8.37. The van der Waals surface area contributed by atoms with Crippen LogP contribution in [0.25, 0.3) is 11.4 Å². The van der Waals surface area contributed by atoms with Gasteiger partial charge in [-0.1, -0.05) is 21.1 Å². The minimum Gasteiger partial charge on any atom is -0.338 e. The summed E-state index contributed by atoms with van der Waals surface area (Å²) in [7, 11) is 0. The molecule has 0 fully saturated rings. The molecule has 4 nitrogen and oxygen atoms in total. The van der Waals surface area contributed by atoms with Gasteiger partial charge >= 0.3 is 0 Å². The zero-order valence-corrected chi connectivity index (χ0v) is 8.23. The highest BCUT2D eigenvalue weighted by Gasteiger charge is 2.05. The molecule has 0 radical (unpaired) electrons. The molecule has 13 heavy (non-hydrogen) atoms. The summed E-state index contributed by atoms with van der Waals surface area (Å²) < 4.78 is 4.94. The molecule has 0 aliphatic heterocycles. The number of hydrogen-bond acceptors (Lipinski definition) is 4. The second-order valence-corrected chi connectivity index (χ2v) is 2.94. The number of rotatable bonds is 2. The highest BCUT2D eigenvalue weighted by atomic mass is 79.9. The van der Waals surface area contributed by atoms with Crippen molar-refractivity contribution in [2.75, 3.05) is 0 Å². The molecule has 0 spiro atoms. The van der Waals surface area contributed by atoms with E-state index < -0.39 is 0 Å². The smallest absolute Gasteiger partial charge is 0.237 e. The van der Waals surface area contributed by atoms with Crippen molar-refractivity contribution in [3.63, 3.8) is 0 Å². The van der Waals surface area contributed by atoms with E-state index in [9.17, 15) is 0 Å². The van der Waals surface area contributed by atoms with Crippen LogP contribution in [-0.2, 0) is 5.33 Å². The van der Waals surface area contributed by atoms with Crippen molar-refractivity contribution in [3.05, 3.63) is 30.4 Å². The molecular weight excluding hydrogens is 234 g/mol. The molecule has 0 aliphatic carbocycles. The number of hydrogen-bond donors (Lipinski definition) is 0. The van der Waals surface area contributed by atoms with E-state index in [4.69, 9.17) is 4.52 Å². The number of halogens is 1. The lowest BCUT2D eigenvalue weighted by atomic mass is 10.3. The standard InChI is InChI=1S/C8H6BrN3O/c9-5-7-11-8(12-13-7)6-1-3-10-4-2-6/h1-4H,5H2. The van der Waals surface area contributed by atoms with Gasteiger partial charge in [0.1, 0.15) is 0 Å². The molecular formula is C8H6BrN3O. The Kier molecular flexibility index (Phi) is 2.35. The van der Waals surface area contributed by atoms with Gasteiger partial charge < -0.3 is 4.52 Å². The van der Waals surface area contributed by atoms with Gasteiger partial charge in [0.25, 0.3) is 0 Å². The summed E-state index contributed by atoms with van der Waals surface area (Å²) in [5, 5.41) is 4.39. The van der Waals surface area contributed by atoms with Gasteiger partial charge in [-0.25, -0.2) is 0 Å². The van der Waals surface area contributed by atoms with Crippen LogP contribution in [0.15, 0.2) is 29.0 Å². The van der Waals surface area contributed by atoms with Crippen LogP contribution in [0.3, 0.4) is 0 Å². The summed E-state index contributed by atoms with van der Waals surface area (Å²) in [5.74, 6) is 1.17. The summed E-state index contributed by atoms with van der Waals surface area (Å²) in [6, 6.07) is 3.67. The van der Waals surface area contributed by atoms with E-state index in [1.165, 1.54) is 0 Å². The topological polar surface area (TPSA) is 51.8 Å². The van der Waals surface area contributed by atoms with Crippen LogP contribution >= 0.6 is 15.9 Å². The third kappa shape index (κ3) is 1.75. The molecule has 5 heteroatoms. The van der Waals surface area contributed by atoms with Crippen LogP contribution in [-0.4, -0.2) is 15.1 Å². The summed E-state index contributed by atoms with van der Waals surface area (Å²) in [4.78, 5) is 8.05. The third-order valence-corrected chi connectivity index (χ3v) is 2.00. The second-order valence-electron chi connectivity index (χ2n) is 2.38. The summed E-state index contributed by atoms with van der Waals surface area (Å²) in [5.41, 5.74) is 0.908. The van der Waals surface area contributed by atoms with Crippen molar-refractivity contribution in [3.8, 4) is 11.4 Å². The maximum atomic E-state index is 4.94. The molecule has 0 aliphatic rings. The van der Waals surface area contributed by atoms with Crippen molar-refractivity contribution in [1.82, 2.24) is 15.1 Å². The van der Waals surface area contributed by atoms with Gasteiger partial charge in [0.2, 0.25) is 11.7 Å². The number of alkyl halides is 1. The Bertz CT molecular complexity index is 387. The van der Waals surface area contributed by atoms with Gasteiger partial charge in [-0.15, -0.1) is 0 Å². The molecule has 0 aromatic carbocycles. The molecule has 66 valence electrons. The van der Waals surface area contributed by atoms with Crippen molar-refractivity contribution >= 4 is 15.9 Å². The summed E-state index contributed by atoms with van der Waals surface area (Å²) >= 11 is 3.23. The summed E-state index contributed by atoms with van der Waals surface area (Å²) in [6.07, 6.45) is 3.39. The molecule has 0 atom stereocenters. The Balaban J connectivity index is 2.36. The largest absolute Gasteiger partial charge is 0.338 e. The van der Waals surface area contributed by atoms with E-state index in [1.807, 2.05) is 12.1 Å². The zero-order chi connectivity index (χ0) is 9.10. The minimum atomic E-state index is 0.574. The monoisotopic (exact) mass is 239 g/mol. The molecule has 0 saturated heterocycles. The average Bonchev–Trinajstić information content (AvgIpc) is 2.67. The van der Waals surface area contributed by atoms with Crippen molar-refractivity contribution in [1.29, 1.82) is 0 Å². The summed E-state index contributed by atoms with van der Waals surface area (Å²) in [6.45, 7) is 0. The number of pyridine rings is 1. The predicted octanol–water partition coefficient (Wildman–Crippen LogP) is 2.03. The Morgan fingerprint density at radius 2 is 2.08 bits per heavy atom.